The Morgan fingerprint density at radius 2 is 2.12 bits per heavy atom. The number of pyridine rings is 1. The number of amides is 1. The van der Waals surface area contributed by atoms with Crippen LogP contribution < -0.4 is 5.32 Å². The lowest BCUT2D eigenvalue weighted by atomic mass is 10.0. The number of aryl methyl sites for hydroxylation is 1. The third-order valence-corrected chi connectivity index (χ3v) is 4.30. The van der Waals surface area contributed by atoms with Gasteiger partial charge in [-0.25, -0.2) is 4.98 Å². The van der Waals surface area contributed by atoms with E-state index in [1.807, 2.05) is 42.6 Å². The number of hydrogen-bond acceptors (Lipinski definition) is 3. The number of carbonyl (C=O) groups excluding carboxylic acids is 1. The highest BCUT2D eigenvalue weighted by atomic mass is 16.1. The molecule has 130 valence electrons. The van der Waals surface area contributed by atoms with Crippen LogP contribution in [0, 0.1) is 0 Å². The number of unbranched alkanes of at least 4 members (excludes halogenated alkanes) is 1. The van der Waals surface area contributed by atoms with E-state index < -0.39 is 0 Å². The molecule has 0 saturated heterocycles. The summed E-state index contributed by atoms with van der Waals surface area (Å²) in [5, 5.41) is 3.15. The average molecular weight is 336 g/mol. The molecule has 0 spiro atoms. The third kappa shape index (κ3) is 4.66. The molecule has 1 atom stereocenters. The maximum atomic E-state index is 12.4. The predicted molar refractivity (Wildman–Crippen MR) is 99.1 cm³/mol. The Hall–Kier alpha value is -2.69. The first-order valence-corrected chi connectivity index (χ1v) is 8.89. The summed E-state index contributed by atoms with van der Waals surface area (Å²) in [5.41, 5.74) is 3.01. The second-order valence-corrected chi connectivity index (χ2v) is 6.25. The second-order valence-electron chi connectivity index (χ2n) is 6.25. The average Bonchev–Trinajstić information content (AvgIpc) is 3.07. The van der Waals surface area contributed by atoms with Crippen molar-refractivity contribution in [3.8, 4) is 0 Å². The van der Waals surface area contributed by atoms with Crippen LogP contribution in [0.25, 0.3) is 11.0 Å². The molecule has 2 aromatic heterocycles. The van der Waals surface area contributed by atoms with Gasteiger partial charge >= 0.3 is 0 Å². The van der Waals surface area contributed by atoms with Crippen LogP contribution >= 0.6 is 0 Å². The van der Waals surface area contributed by atoms with Gasteiger partial charge in [0, 0.05) is 25.2 Å². The minimum Gasteiger partial charge on any atom is -0.349 e. The molecule has 1 amide bonds. The van der Waals surface area contributed by atoms with Crippen LogP contribution in [0.1, 0.15) is 50.0 Å². The largest absolute Gasteiger partial charge is 0.349 e. The number of imidazole rings is 1. The molecule has 0 radical (unpaired) electrons. The molecule has 0 saturated carbocycles. The van der Waals surface area contributed by atoms with Crippen molar-refractivity contribution in [3.05, 3.63) is 60.2 Å². The number of para-hydroxylation sites is 2. The summed E-state index contributed by atoms with van der Waals surface area (Å²) in [6.45, 7) is 2.16. The van der Waals surface area contributed by atoms with E-state index in [9.17, 15) is 4.79 Å². The molecule has 0 bridgehead atoms. The molecule has 2 heterocycles. The smallest absolute Gasteiger partial charge is 0.220 e. The van der Waals surface area contributed by atoms with E-state index in [-0.39, 0.29) is 11.9 Å². The molecule has 5 heteroatoms. The van der Waals surface area contributed by atoms with E-state index in [4.69, 9.17) is 0 Å². The first-order chi connectivity index (χ1) is 12.3. The number of nitrogens with one attached hydrogen (secondary N) is 2. The van der Waals surface area contributed by atoms with Gasteiger partial charge in [0.2, 0.25) is 5.91 Å². The van der Waals surface area contributed by atoms with Crippen molar-refractivity contribution in [3.63, 3.8) is 0 Å². The van der Waals surface area contributed by atoms with E-state index in [1.165, 1.54) is 0 Å². The normalized spacial score (nSPS) is 12.2. The maximum absolute atomic E-state index is 12.4. The van der Waals surface area contributed by atoms with Gasteiger partial charge < -0.3 is 10.3 Å². The monoisotopic (exact) mass is 336 g/mol. The van der Waals surface area contributed by atoms with Gasteiger partial charge in [-0.2, -0.15) is 0 Å². The van der Waals surface area contributed by atoms with Gasteiger partial charge in [0.25, 0.3) is 0 Å². The van der Waals surface area contributed by atoms with Crippen molar-refractivity contribution in [2.75, 3.05) is 0 Å². The Labute approximate surface area is 147 Å². The first-order valence-electron chi connectivity index (χ1n) is 8.89. The van der Waals surface area contributed by atoms with Crippen molar-refractivity contribution in [2.45, 2.75) is 45.1 Å². The van der Waals surface area contributed by atoms with Crippen molar-refractivity contribution in [1.29, 1.82) is 0 Å². The summed E-state index contributed by atoms with van der Waals surface area (Å²) in [6.07, 6.45) is 7.72. The molecule has 1 aromatic carbocycles. The Bertz CT molecular complexity index is 780. The summed E-state index contributed by atoms with van der Waals surface area (Å²) in [5.74, 6) is 0.897. The Morgan fingerprint density at radius 3 is 2.88 bits per heavy atom. The van der Waals surface area contributed by atoms with Crippen molar-refractivity contribution in [2.24, 2.45) is 0 Å². The van der Waals surface area contributed by atoms with Gasteiger partial charge in [-0.05, 0) is 30.2 Å². The lowest BCUT2D eigenvalue weighted by Gasteiger charge is -2.18. The van der Waals surface area contributed by atoms with E-state index in [0.717, 1.165) is 41.7 Å². The number of fused-ring (bicyclic) bond motifs is 1. The molecule has 2 N–H and O–H groups in total. The molecule has 1 unspecified atom stereocenters. The SMILES string of the molecule is CCCCC(NC(=O)CCc1nc2ccccc2[nH]1)c1cccnc1. The van der Waals surface area contributed by atoms with Gasteiger partial charge in [0.1, 0.15) is 5.82 Å². The molecule has 0 aliphatic rings. The molecule has 3 rings (SSSR count). The molecule has 5 nitrogen and oxygen atoms in total. The van der Waals surface area contributed by atoms with Crippen LogP contribution in [0.15, 0.2) is 48.8 Å². The minimum atomic E-state index is 0.0248. The molecule has 25 heavy (non-hydrogen) atoms. The number of H-pyrrole nitrogens is 1. The summed E-state index contributed by atoms with van der Waals surface area (Å²) in [6, 6.07) is 11.9. The van der Waals surface area contributed by atoms with Gasteiger partial charge in [-0.1, -0.05) is 38.0 Å². The van der Waals surface area contributed by atoms with Crippen LogP contribution in [0.2, 0.25) is 0 Å². The molecular formula is C20H24N4O. The summed E-state index contributed by atoms with van der Waals surface area (Å²) >= 11 is 0. The molecular weight excluding hydrogens is 312 g/mol. The standard InChI is InChI=1S/C20H24N4O/c1-2-3-8-16(15-7-6-13-21-14-15)24-20(25)12-11-19-22-17-9-4-5-10-18(17)23-19/h4-7,9-10,13-14,16H,2-3,8,11-12H2,1H3,(H,22,23)(H,24,25). The number of aromatic nitrogens is 3. The van der Waals surface area contributed by atoms with Crippen LogP contribution in [-0.4, -0.2) is 20.9 Å². The number of benzene rings is 1. The maximum Gasteiger partial charge on any atom is 0.220 e. The molecule has 0 aliphatic heterocycles. The fraction of sp³-hybridized carbons (Fsp3) is 0.350. The zero-order valence-corrected chi connectivity index (χ0v) is 14.5. The quantitative estimate of drug-likeness (QED) is 0.654. The Morgan fingerprint density at radius 1 is 1.24 bits per heavy atom. The van der Waals surface area contributed by atoms with Crippen LogP contribution in [0.5, 0.6) is 0 Å². The van der Waals surface area contributed by atoms with Crippen LogP contribution in [0.3, 0.4) is 0 Å². The van der Waals surface area contributed by atoms with Gasteiger partial charge in [-0.15, -0.1) is 0 Å². The van der Waals surface area contributed by atoms with Gasteiger partial charge in [0.05, 0.1) is 17.1 Å². The number of nitrogens with zero attached hydrogens (tertiary/aromatic N) is 2. The highest BCUT2D eigenvalue weighted by Gasteiger charge is 2.15. The third-order valence-electron chi connectivity index (χ3n) is 4.30. The summed E-state index contributed by atoms with van der Waals surface area (Å²) < 4.78 is 0. The number of hydrogen-bond donors (Lipinski definition) is 2. The molecule has 0 aliphatic carbocycles. The molecule has 0 fully saturated rings. The van der Waals surface area contributed by atoms with Crippen molar-refractivity contribution < 1.29 is 4.79 Å². The lowest BCUT2D eigenvalue weighted by molar-refractivity contribution is -0.121. The lowest BCUT2D eigenvalue weighted by Crippen LogP contribution is -2.29. The van der Waals surface area contributed by atoms with E-state index in [2.05, 4.69) is 27.2 Å². The number of aromatic amines is 1. The zero-order chi connectivity index (χ0) is 17.5. The fourth-order valence-corrected chi connectivity index (χ4v) is 2.93. The van der Waals surface area contributed by atoms with Gasteiger partial charge in [-0.3, -0.25) is 9.78 Å². The zero-order valence-electron chi connectivity index (χ0n) is 14.5. The Kier molecular flexibility index (Phi) is 5.77. The van der Waals surface area contributed by atoms with E-state index in [1.54, 1.807) is 6.20 Å². The fourth-order valence-electron chi connectivity index (χ4n) is 2.93. The van der Waals surface area contributed by atoms with Crippen LogP contribution in [-0.2, 0) is 11.2 Å². The highest BCUT2D eigenvalue weighted by Crippen LogP contribution is 2.19. The topological polar surface area (TPSA) is 70.7 Å². The predicted octanol–water partition coefficient (Wildman–Crippen LogP) is 3.94. The summed E-state index contributed by atoms with van der Waals surface area (Å²) in [4.78, 5) is 24.4. The van der Waals surface area contributed by atoms with Crippen molar-refractivity contribution >= 4 is 16.9 Å². The highest BCUT2D eigenvalue weighted by molar-refractivity contribution is 5.77. The summed E-state index contributed by atoms with van der Waals surface area (Å²) in [7, 11) is 0. The van der Waals surface area contributed by atoms with Gasteiger partial charge in [0.15, 0.2) is 0 Å². The number of carbonyl (C=O) groups is 1. The first kappa shape index (κ1) is 17.1. The minimum absolute atomic E-state index is 0.0248. The number of rotatable bonds is 8. The second kappa shape index (κ2) is 8.42. The van der Waals surface area contributed by atoms with Crippen LogP contribution in [0.4, 0.5) is 0 Å². The van der Waals surface area contributed by atoms with E-state index in [0.29, 0.717) is 12.8 Å². The van der Waals surface area contributed by atoms with E-state index >= 15 is 0 Å². The molecule has 3 aromatic rings. The van der Waals surface area contributed by atoms with Crippen molar-refractivity contribution in [1.82, 2.24) is 20.3 Å². The Balaban J connectivity index is 1.59.